The van der Waals surface area contributed by atoms with Gasteiger partial charge in [0.2, 0.25) is 0 Å². The number of benzene rings is 3. The third-order valence-corrected chi connectivity index (χ3v) is 5.71. The number of aromatic nitrogens is 1. The molecule has 0 atom stereocenters. The summed E-state index contributed by atoms with van der Waals surface area (Å²) in [6.45, 7) is 2.34. The predicted molar refractivity (Wildman–Crippen MR) is 122 cm³/mol. The fraction of sp³-hybridized carbons (Fsp3) is 0.160. The van der Waals surface area contributed by atoms with E-state index in [1.165, 1.54) is 12.1 Å². The van der Waals surface area contributed by atoms with Gasteiger partial charge < -0.3 is 14.5 Å². The molecule has 0 amide bonds. The lowest BCUT2D eigenvalue weighted by molar-refractivity contribution is 0.0515. The molecule has 4 rings (SSSR count). The van der Waals surface area contributed by atoms with Crippen LogP contribution in [-0.4, -0.2) is 17.6 Å². The number of fused-ring (bicyclic) bond motifs is 1. The number of nitrogens with one attached hydrogen (secondary N) is 1. The Labute approximate surface area is 188 Å². The fourth-order valence-corrected chi connectivity index (χ4v) is 3.97. The molecule has 0 aliphatic heterocycles. The van der Waals surface area contributed by atoms with Crippen LogP contribution in [-0.2, 0) is 17.8 Å². The molecule has 1 N–H and O–H groups in total. The van der Waals surface area contributed by atoms with Crippen LogP contribution in [0.15, 0.2) is 71.2 Å². The minimum Gasteiger partial charge on any atom is -0.486 e. The van der Waals surface area contributed by atoms with E-state index >= 15 is 0 Å². The maximum Gasteiger partial charge on any atom is 0.358 e. The molecule has 3 aromatic carbocycles. The Balaban J connectivity index is 1.81. The first-order valence-corrected chi connectivity index (χ1v) is 10.8. The molecule has 31 heavy (non-hydrogen) atoms. The summed E-state index contributed by atoms with van der Waals surface area (Å²) in [6, 6.07) is 20.0. The van der Waals surface area contributed by atoms with E-state index in [9.17, 15) is 9.18 Å². The molecule has 0 spiro atoms. The van der Waals surface area contributed by atoms with Crippen molar-refractivity contribution in [3.05, 3.63) is 99.4 Å². The van der Waals surface area contributed by atoms with Gasteiger partial charge >= 0.3 is 5.97 Å². The van der Waals surface area contributed by atoms with Gasteiger partial charge in [-0.25, -0.2) is 9.18 Å². The minimum atomic E-state index is -0.467. The quantitative estimate of drug-likeness (QED) is 0.310. The van der Waals surface area contributed by atoms with Gasteiger partial charge in [-0.2, -0.15) is 0 Å². The van der Waals surface area contributed by atoms with E-state index in [4.69, 9.17) is 9.47 Å². The predicted octanol–water partition coefficient (Wildman–Crippen LogP) is 6.42. The summed E-state index contributed by atoms with van der Waals surface area (Å²) in [4.78, 5) is 15.8. The molecule has 0 fully saturated rings. The minimum absolute atomic E-state index is 0.262. The summed E-state index contributed by atoms with van der Waals surface area (Å²) in [6.07, 6.45) is 0.542. The molecule has 0 bridgehead atoms. The average molecular weight is 482 g/mol. The van der Waals surface area contributed by atoms with E-state index in [1.807, 2.05) is 42.5 Å². The van der Waals surface area contributed by atoms with Crippen molar-refractivity contribution in [3.8, 4) is 5.75 Å². The van der Waals surface area contributed by atoms with Gasteiger partial charge in [-0.1, -0.05) is 58.4 Å². The first kappa shape index (κ1) is 21.1. The molecule has 1 aromatic heterocycles. The molecule has 4 aromatic rings. The van der Waals surface area contributed by atoms with Gasteiger partial charge in [-0.05, 0) is 54.3 Å². The van der Waals surface area contributed by atoms with Crippen LogP contribution in [0.2, 0.25) is 0 Å². The number of ether oxygens (including phenoxy) is 2. The molecule has 0 radical (unpaired) electrons. The summed E-state index contributed by atoms with van der Waals surface area (Å²) in [5.41, 5.74) is 3.93. The van der Waals surface area contributed by atoms with Gasteiger partial charge in [0.15, 0.2) is 11.4 Å². The lowest BCUT2D eigenvalue weighted by atomic mass is 10.0. The third kappa shape index (κ3) is 4.64. The van der Waals surface area contributed by atoms with Crippen LogP contribution >= 0.6 is 15.9 Å². The van der Waals surface area contributed by atoms with E-state index in [2.05, 4.69) is 20.9 Å². The lowest BCUT2D eigenvalue weighted by Gasteiger charge is -2.12. The molecule has 4 nitrogen and oxygen atoms in total. The first-order valence-electron chi connectivity index (χ1n) is 9.98. The van der Waals surface area contributed by atoms with Crippen molar-refractivity contribution in [1.29, 1.82) is 0 Å². The van der Waals surface area contributed by atoms with Crippen LogP contribution in [0.25, 0.3) is 10.9 Å². The van der Waals surface area contributed by atoms with Crippen LogP contribution in [0, 0.1) is 5.82 Å². The second kappa shape index (κ2) is 9.35. The number of hydrogen-bond donors (Lipinski definition) is 1. The van der Waals surface area contributed by atoms with Gasteiger partial charge in [-0.15, -0.1) is 0 Å². The molecular formula is C25H21BrFNO3. The van der Waals surface area contributed by atoms with Crippen LogP contribution < -0.4 is 4.74 Å². The highest BCUT2D eigenvalue weighted by Crippen LogP contribution is 2.38. The Morgan fingerprint density at radius 2 is 1.74 bits per heavy atom. The number of aromatic amines is 1. The van der Waals surface area contributed by atoms with Gasteiger partial charge in [0, 0.05) is 9.86 Å². The summed E-state index contributed by atoms with van der Waals surface area (Å²) in [5.74, 6) is -0.291. The van der Waals surface area contributed by atoms with Crippen LogP contribution in [0.4, 0.5) is 4.39 Å². The Bertz CT molecular complexity index is 1200. The lowest BCUT2D eigenvalue weighted by Crippen LogP contribution is -2.08. The molecule has 0 unspecified atom stereocenters. The van der Waals surface area contributed by atoms with Crippen molar-refractivity contribution in [2.45, 2.75) is 20.0 Å². The Hall–Kier alpha value is -3.12. The van der Waals surface area contributed by atoms with Gasteiger partial charge in [0.1, 0.15) is 12.4 Å². The van der Waals surface area contributed by atoms with E-state index in [0.717, 1.165) is 32.1 Å². The zero-order valence-corrected chi connectivity index (χ0v) is 18.5. The SMILES string of the molecule is CCOC(=O)c1[nH]c2ccc(Br)c(Cc3ccc(F)cc3)c2c1OCc1ccccc1. The number of H-pyrrole nitrogens is 1. The monoisotopic (exact) mass is 481 g/mol. The van der Waals surface area contributed by atoms with Gasteiger partial charge in [0.05, 0.1) is 12.1 Å². The van der Waals surface area contributed by atoms with E-state index in [1.54, 1.807) is 19.1 Å². The number of carbonyl (C=O) groups excluding carboxylic acids is 1. The normalized spacial score (nSPS) is 10.9. The molecule has 158 valence electrons. The Morgan fingerprint density at radius 1 is 1.00 bits per heavy atom. The highest BCUT2D eigenvalue weighted by atomic mass is 79.9. The standard InChI is InChI=1S/C25H21BrFNO3/c1-2-30-25(29)23-24(31-15-17-6-4-3-5-7-17)22-19(20(26)12-13-21(22)28-23)14-16-8-10-18(27)11-9-16/h3-13,28H,2,14-15H2,1H3. The third-order valence-electron chi connectivity index (χ3n) is 4.97. The molecular weight excluding hydrogens is 461 g/mol. The number of hydrogen-bond acceptors (Lipinski definition) is 3. The van der Waals surface area contributed by atoms with Crippen LogP contribution in [0.1, 0.15) is 34.1 Å². The maximum absolute atomic E-state index is 13.4. The Morgan fingerprint density at radius 3 is 2.45 bits per heavy atom. The summed E-state index contributed by atoms with van der Waals surface area (Å²) in [5, 5.41) is 0.803. The summed E-state index contributed by atoms with van der Waals surface area (Å²) < 4.78 is 25.7. The number of halogens is 2. The highest BCUT2D eigenvalue weighted by Gasteiger charge is 2.24. The zero-order valence-electron chi connectivity index (χ0n) is 17.0. The largest absolute Gasteiger partial charge is 0.486 e. The second-order valence-corrected chi connectivity index (χ2v) is 7.93. The molecule has 0 aliphatic carbocycles. The van der Waals surface area contributed by atoms with Crippen LogP contribution in [0.3, 0.4) is 0 Å². The first-order chi connectivity index (χ1) is 15.1. The van der Waals surface area contributed by atoms with E-state index < -0.39 is 5.97 Å². The number of esters is 1. The van der Waals surface area contributed by atoms with Crippen LogP contribution in [0.5, 0.6) is 5.75 Å². The van der Waals surface area contributed by atoms with Gasteiger partial charge in [0.25, 0.3) is 0 Å². The van der Waals surface area contributed by atoms with Crippen molar-refractivity contribution >= 4 is 32.8 Å². The molecule has 1 heterocycles. The molecule has 0 saturated carbocycles. The van der Waals surface area contributed by atoms with Crippen molar-refractivity contribution in [3.63, 3.8) is 0 Å². The van der Waals surface area contributed by atoms with Crippen molar-refractivity contribution in [2.75, 3.05) is 6.61 Å². The van der Waals surface area contributed by atoms with Crippen molar-refractivity contribution in [2.24, 2.45) is 0 Å². The maximum atomic E-state index is 13.4. The van der Waals surface area contributed by atoms with Crippen molar-refractivity contribution in [1.82, 2.24) is 4.98 Å². The summed E-state index contributed by atoms with van der Waals surface area (Å²) >= 11 is 3.64. The zero-order chi connectivity index (χ0) is 21.8. The number of rotatable bonds is 7. The fourth-order valence-electron chi connectivity index (χ4n) is 3.50. The van der Waals surface area contributed by atoms with E-state index in [-0.39, 0.29) is 18.1 Å². The molecule has 0 aliphatic rings. The van der Waals surface area contributed by atoms with Crippen molar-refractivity contribution < 1.29 is 18.7 Å². The highest BCUT2D eigenvalue weighted by molar-refractivity contribution is 9.10. The van der Waals surface area contributed by atoms with E-state index in [0.29, 0.717) is 18.8 Å². The molecule has 6 heteroatoms. The Kier molecular flexibility index (Phi) is 6.37. The summed E-state index contributed by atoms with van der Waals surface area (Å²) in [7, 11) is 0. The number of carbonyl (C=O) groups is 1. The average Bonchev–Trinajstić information content (AvgIpc) is 3.15. The van der Waals surface area contributed by atoms with Gasteiger partial charge in [-0.3, -0.25) is 0 Å². The second-order valence-electron chi connectivity index (χ2n) is 7.08. The topological polar surface area (TPSA) is 51.3 Å². The smallest absolute Gasteiger partial charge is 0.358 e. The molecule has 0 saturated heterocycles.